The van der Waals surface area contributed by atoms with Crippen LogP contribution in [0.3, 0.4) is 0 Å². The summed E-state index contributed by atoms with van der Waals surface area (Å²) in [6, 6.07) is 3.44. The molecule has 1 aromatic rings. The highest BCUT2D eigenvalue weighted by atomic mass is 32.2. The lowest BCUT2D eigenvalue weighted by molar-refractivity contribution is 0.0606. The van der Waals surface area contributed by atoms with Crippen molar-refractivity contribution in [2.45, 2.75) is 30.6 Å². The van der Waals surface area contributed by atoms with Gasteiger partial charge in [0.05, 0.1) is 6.10 Å². The zero-order valence-electron chi connectivity index (χ0n) is 9.96. The van der Waals surface area contributed by atoms with Crippen LogP contribution >= 0.6 is 11.3 Å². The quantitative estimate of drug-likeness (QED) is 0.888. The van der Waals surface area contributed by atoms with Crippen molar-refractivity contribution >= 4 is 21.4 Å². The number of piperidine rings is 1. The van der Waals surface area contributed by atoms with Gasteiger partial charge in [-0.3, -0.25) is 0 Å². The Morgan fingerprint density at radius 1 is 1.47 bits per heavy atom. The summed E-state index contributed by atoms with van der Waals surface area (Å²) in [6.07, 6.45) is 0.157. The number of aryl methyl sites for hydroxylation is 1. The topological polar surface area (TPSA) is 57.6 Å². The molecular formula is C11H17NO3S2. The number of aliphatic hydroxyl groups excluding tert-OH is 1. The van der Waals surface area contributed by atoms with Crippen molar-refractivity contribution in [1.29, 1.82) is 0 Å². The molecule has 2 heterocycles. The van der Waals surface area contributed by atoms with E-state index in [0.29, 0.717) is 17.2 Å². The molecule has 17 heavy (non-hydrogen) atoms. The SMILES string of the molecule is Cc1ccc(S(=O)(=O)N2CCC(C)C(O)C2)s1. The minimum Gasteiger partial charge on any atom is -0.391 e. The van der Waals surface area contributed by atoms with Gasteiger partial charge in [0.1, 0.15) is 4.21 Å². The average molecular weight is 275 g/mol. The third-order valence-corrected chi connectivity index (χ3v) is 6.52. The maximum absolute atomic E-state index is 12.3. The van der Waals surface area contributed by atoms with Gasteiger partial charge in [0.15, 0.2) is 0 Å². The van der Waals surface area contributed by atoms with Crippen molar-refractivity contribution in [3.8, 4) is 0 Å². The summed E-state index contributed by atoms with van der Waals surface area (Å²) < 4.78 is 26.3. The Kier molecular flexibility index (Phi) is 3.58. The smallest absolute Gasteiger partial charge is 0.252 e. The minimum absolute atomic E-state index is 0.173. The standard InChI is InChI=1S/C11H17NO3S2/c1-8-5-6-12(7-10(8)13)17(14,15)11-4-3-9(2)16-11/h3-4,8,10,13H,5-7H2,1-2H3. The van der Waals surface area contributed by atoms with Gasteiger partial charge in [-0.15, -0.1) is 11.3 Å². The molecule has 0 bridgehead atoms. The van der Waals surface area contributed by atoms with Gasteiger partial charge in [0.2, 0.25) is 0 Å². The van der Waals surface area contributed by atoms with Crippen LogP contribution in [0.5, 0.6) is 0 Å². The predicted molar refractivity (Wildman–Crippen MR) is 67.6 cm³/mol. The summed E-state index contributed by atoms with van der Waals surface area (Å²) in [5.74, 6) is 0.173. The van der Waals surface area contributed by atoms with E-state index in [4.69, 9.17) is 0 Å². The first-order valence-electron chi connectivity index (χ1n) is 5.66. The van der Waals surface area contributed by atoms with Crippen LogP contribution in [0.2, 0.25) is 0 Å². The minimum atomic E-state index is -3.41. The van der Waals surface area contributed by atoms with E-state index in [1.807, 2.05) is 13.8 Å². The summed E-state index contributed by atoms with van der Waals surface area (Å²) >= 11 is 1.28. The molecular weight excluding hydrogens is 258 g/mol. The van der Waals surface area contributed by atoms with Crippen LogP contribution < -0.4 is 0 Å². The number of nitrogens with zero attached hydrogens (tertiary/aromatic N) is 1. The molecule has 0 aromatic carbocycles. The van der Waals surface area contributed by atoms with Crippen molar-refractivity contribution in [3.05, 3.63) is 17.0 Å². The van der Waals surface area contributed by atoms with E-state index >= 15 is 0 Å². The van der Waals surface area contributed by atoms with Crippen LogP contribution in [-0.4, -0.2) is 37.0 Å². The maximum Gasteiger partial charge on any atom is 0.252 e. The summed E-state index contributed by atoms with van der Waals surface area (Å²) in [5, 5.41) is 9.76. The number of sulfonamides is 1. The van der Waals surface area contributed by atoms with E-state index in [2.05, 4.69) is 0 Å². The predicted octanol–water partition coefficient (Wildman–Crippen LogP) is 1.45. The molecule has 1 aromatic heterocycles. The van der Waals surface area contributed by atoms with E-state index < -0.39 is 16.1 Å². The Balaban J connectivity index is 2.22. The molecule has 2 rings (SSSR count). The Morgan fingerprint density at radius 2 is 2.18 bits per heavy atom. The van der Waals surface area contributed by atoms with Crippen molar-refractivity contribution in [2.75, 3.05) is 13.1 Å². The largest absolute Gasteiger partial charge is 0.391 e. The highest BCUT2D eigenvalue weighted by molar-refractivity contribution is 7.91. The van der Waals surface area contributed by atoms with Gasteiger partial charge in [0, 0.05) is 18.0 Å². The van der Waals surface area contributed by atoms with Crippen LogP contribution in [-0.2, 0) is 10.0 Å². The summed E-state index contributed by atoms with van der Waals surface area (Å²) in [4.78, 5) is 0.981. The molecule has 0 spiro atoms. The first kappa shape index (κ1) is 13.0. The third kappa shape index (κ3) is 2.54. The van der Waals surface area contributed by atoms with Crippen LogP contribution in [0, 0.1) is 12.8 Å². The highest BCUT2D eigenvalue weighted by Gasteiger charge is 2.33. The van der Waals surface area contributed by atoms with Gasteiger partial charge >= 0.3 is 0 Å². The molecule has 1 fully saturated rings. The van der Waals surface area contributed by atoms with Crippen LogP contribution in [0.25, 0.3) is 0 Å². The van der Waals surface area contributed by atoms with Crippen molar-refractivity contribution in [1.82, 2.24) is 4.31 Å². The molecule has 0 radical (unpaired) electrons. The summed E-state index contributed by atoms with van der Waals surface area (Å²) in [7, 11) is -3.41. The molecule has 6 heteroatoms. The van der Waals surface area contributed by atoms with E-state index in [9.17, 15) is 13.5 Å². The third-order valence-electron chi connectivity index (χ3n) is 3.19. The second-order valence-corrected chi connectivity index (χ2v) is 8.01. The molecule has 1 aliphatic rings. The number of β-amino-alcohol motifs (C(OH)–C–C–N with tert-alkyl or cyclic N) is 1. The fraction of sp³-hybridized carbons (Fsp3) is 0.636. The van der Waals surface area contributed by atoms with Crippen LogP contribution in [0.4, 0.5) is 0 Å². The van der Waals surface area contributed by atoms with Crippen molar-refractivity contribution in [3.63, 3.8) is 0 Å². The number of aliphatic hydroxyl groups is 1. The molecule has 1 N–H and O–H groups in total. The zero-order chi connectivity index (χ0) is 12.6. The van der Waals surface area contributed by atoms with E-state index in [1.54, 1.807) is 12.1 Å². The number of hydrogen-bond donors (Lipinski definition) is 1. The second kappa shape index (κ2) is 4.68. The Bertz CT molecular complexity index is 495. The molecule has 0 saturated carbocycles. The van der Waals surface area contributed by atoms with Crippen molar-refractivity contribution in [2.24, 2.45) is 5.92 Å². The second-order valence-electron chi connectivity index (χ2n) is 4.56. The summed E-state index contributed by atoms with van der Waals surface area (Å²) in [6.45, 7) is 4.54. The number of rotatable bonds is 2. The molecule has 1 saturated heterocycles. The Labute approximate surface area is 106 Å². The van der Waals surface area contributed by atoms with Gasteiger partial charge in [-0.2, -0.15) is 4.31 Å². The van der Waals surface area contributed by atoms with Crippen LogP contribution in [0.1, 0.15) is 18.2 Å². The first-order valence-corrected chi connectivity index (χ1v) is 7.91. The maximum atomic E-state index is 12.3. The normalized spacial score (nSPS) is 27.2. The molecule has 4 nitrogen and oxygen atoms in total. The molecule has 2 unspecified atom stereocenters. The lowest BCUT2D eigenvalue weighted by Gasteiger charge is -2.32. The van der Waals surface area contributed by atoms with Crippen molar-refractivity contribution < 1.29 is 13.5 Å². The molecule has 0 amide bonds. The van der Waals surface area contributed by atoms with Gasteiger partial charge in [0.25, 0.3) is 10.0 Å². The average Bonchev–Trinajstić information content (AvgIpc) is 2.69. The lowest BCUT2D eigenvalue weighted by Crippen LogP contribution is -2.45. The van der Waals surface area contributed by atoms with E-state index in [1.165, 1.54) is 15.6 Å². The molecule has 96 valence electrons. The highest BCUT2D eigenvalue weighted by Crippen LogP contribution is 2.27. The van der Waals surface area contributed by atoms with Gasteiger partial charge in [-0.05, 0) is 31.4 Å². The Hall–Kier alpha value is -0.430. The molecule has 0 aliphatic carbocycles. The first-order chi connectivity index (χ1) is 7.91. The number of hydrogen-bond acceptors (Lipinski definition) is 4. The molecule has 2 atom stereocenters. The van der Waals surface area contributed by atoms with E-state index in [-0.39, 0.29) is 12.5 Å². The fourth-order valence-electron chi connectivity index (χ4n) is 1.92. The monoisotopic (exact) mass is 275 g/mol. The van der Waals surface area contributed by atoms with Gasteiger partial charge < -0.3 is 5.11 Å². The Morgan fingerprint density at radius 3 is 2.71 bits per heavy atom. The lowest BCUT2D eigenvalue weighted by atomic mass is 9.98. The van der Waals surface area contributed by atoms with E-state index in [0.717, 1.165) is 4.88 Å². The zero-order valence-corrected chi connectivity index (χ0v) is 11.6. The number of thiophene rings is 1. The van der Waals surface area contributed by atoms with Gasteiger partial charge in [-0.1, -0.05) is 6.92 Å². The molecule has 1 aliphatic heterocycles. The summed E-state index contributed by atoms with van der Waals surface area (Å²) in [5.41, 5.74) is 0. The van der Waals surface area contributed by atoms with Gasteiger partial charge in [-0.25, -0.2) is 8.42 Å². The van der Waals surface area contributed by atoms with Crippen LogP contribution in [0.15, 0.2) is 16.3 Å². The fourth-order valence-corrected chi connectivity index (χ4v) is 4.83.